The highest BCUT2D eigenvalue weighted by atomic mass is 32.2. The summed E-state index contributed by atoms with van der Waals surface area (Å²) in [6, 6.07) is 30.2. The molecule has 4 aromatic rings. The lowest BCUT2D eigenvalue weighted by Gasteiger charge is -2.12. The quantitative estimate of drug-likeness (QED) is 0.288. The summed E-state index contributed by atoms with van der Waals surface area (Å²) >= 11 is 1.63. The zero-order chi connectivity index (χ0) is 22.3. The second-order valence-corrected chi connectivity index (χ2v) is 8.01. The molecule has 4 nitrogen and oxygen atoms in total. The normalized spacial score (nSPS) is 11.2. The molecule has 0 saturated heterocycles. The summed E-state index contributed by atoms with van der Waals surface area (Å²) in [7, 11) is 0. The predicted molar refractivity (Wildman–Crippen MR) is 133 cm³/mol. The zero-order valence-electron chi connectivity index (χ0n) is 17.5. The molecule has 32 heavy (non-hydrogen) atoms. The molecular formula is C27H22N2O2S. The number of fused-ring (bicyclic) bond motifs is 1. The van der Waals surface area contributed by atoms with Gasteiger partial charge in [-0.15, -0.1) is 11.8 Å². The fraction of sp³-hybridized carbons (Fsp3) is 0.0370. The SMILES string of the molecule is CSc1ccc(NC(=O)/C(=C/c2cccc3ccccc23)NC(=O)c2ccccc2)cc1. The molecule has 0 heterocycles. The van der Waals surface area contributed by atoms with Gasteiger partial charge in [-0.2, -0.15) is 0 Å². The van der Waals surface area contributed by atoms with Gasteiger partial charge in [0.1, 0.15) is 5.70 Å². The first-order chi connectivity index (χ1) is 15.6. The van der Waals surface area contributed by atoms with E-state index in [1.807, 2.05) is 79.1 Å². The van der Waals surface area contributed by atoms with Gasteiger partial charge >= 0.3 is 0 Å². The van der Waals surface area contributed by atoms with Crippen LogP contribution in [0.15, 0.2) is 108 Å². The standard InChI is InChI=1S/C27H22N2O2S/c1-32-23-16-14-22(15-17-23)28-27(31)25(29-26(30)20-9-3-2-4-10-20)18-21-12-7-11-19-8-5-6-13-24(19)21/h2-18H,1H3,(H,28,31)(H,29,30)/b25-18-. The Kier molecular flexibility index (Phi) is 6.68. The van der Waals surface area contributed by atoms with Crippen LogP contribution in [-0.4, -0.2) is 18.1 Å². The highest BCUT2D eigenvalue weighted by Gasteiger charge is 2.15. The van der Waals surface area contributed by atoms with Gasteiger partial charge in [0, 0.05) is 16.1 Å². The molecule has 2 N–H and O–H groups in total. The summed E-state index contributed by atoms with van der Waals surface area (Å²) in [5.74, 6) is -0.732. The lowest BCUT2D eigenvalue weighted by atomic mass is 10.0. The van der Waals surface area contributed by atoms with E-state index in [0.717, 1.165) is 21.2 Å². The van der Waals surface area contributed by atoms with Crippen molar-refractivity contribution in [2.24, 2.45) is 0 Å². The van der Waals surface area contributed by atoms with Crippen LogP contribution in [0.3, 0.4) is 0 Å². The van der Waals surface area contributed by atoms with Crippen LogP contribution in [0.5, 0.6) is 0 Å². The number of anilines is 1. The minimum atomic E-state index is -0.390. The maximum Gasteiger partial charge on any atom is 0.272 e. The zero-order valence-corrected chi connectivity index (χ0v) is 18.4. The lowest BCUT2D eigenvalue weighted by molar-refractivity contribution is -0.113. The van der Waals surface area contributed by atoms with Crippen molar-refractivity contribution >= 4 is 46.1 Å². The molecule has 5 heteroatoms. The van der Waals surface area contributed by atoms with Gasteiger partial charge in [-0.1, -0.05) is 60.7 Å². The first kappa shape index (κ1) is 21.4. The van der Waals surface area contributed by atoms with Crippen LogP contribution in [-0.2, 0) is 4.79 Å². The minimum absolute atomic E-state index is 0.171. The first-order valence-electron chi connectivity index (χ1n) is 10.2. The molecule has 0 fully saturated rings. The fourth-order valence-corrected chi connectivity index (χ4v) is 3.76. The van der Waals surface area contributed by atoms with E-state index in [4.69, 9.17) is 0 Å². The Balaban J connectivity index is 1.69. The molecule has 0 aliphatic carbocycles. The van der Waals surface area contributed by atoms with Crippen LogP contribution in [0, 0.1) is 0 Å². The molecule has 0 saturated carbocycles. The molecule has 0 aromatic heterocycles. The van der Waals surface area contributed by atoms with Crippen molar-refractivity contribution in [1.29, 1.82) is 0 Å². The number of carbonyl (C=O) groups is 2. The lowest BCUT2D eigenvalue weighted by Crippen LogP contribution is -2.30. The van der Waals surface area contributed by atoms with Gasteiger partial charge in [-0.25, -0.2) is 0 Å². The number of amides is 2. The molecular weight excluding hydrogens is 416 g/mol. The van der Waals surface area contributed by atoms with E-state index in [1.54, 1.807) is 42.1 Å². The van der Waals surface area contributed by atoms with Crippen molar-refractivity contribution < 1.29 is 9.59 Å². The van der Waals surface area contributed by atoms with Crippen molar-refractivity contribution in [2.75, 3.05) is 11.6 Å². The van der Waals surface area contributed by atoms with Crippen molar-refractivity contribution in [3.05, 3.63) is 114 Å². The second kappa shape index (κ2) is 9.98. The highest BCUT2D eigenvalue weighted by molar-refractivity contribution is 7.98. The maximum atomic E-state index is 13.2. The summed E-state index contributed by atoms with van der Waals surface area (Å²) in [6.45, 7) is 0. The molecule has 0 radical (unpaired) electrons. The van der Waals surface area contributed by atoms with E-state index in [9.17, 15) is 9.59 Å². The number of hydrogen-bond acceptors (Lipinski definition) is 3. The van der Waals surface area contributed by atoms with Gasteiger partial charge in [0.25, 0.3) is 11.8 Å². The van der Waals surface area contributed by atoms with Crippen LogP contribution in [0.1, 0.15) is 15.9 Å². The summed E-state index contributed by atoms with van der Waals surface area (Å²) in [5, 5.41) is 7.74. The van der Waals surface area contributed by atoms with E-state index in [1.165, 1.54) is 0 Å². The Morgan fingerprint density at radius 2 is 1.47 bits per heavy atom. The third-order valence-electron chi connectivity index (χ3n) is 5.00. The smallest absolute Gasteiger partial charge is 0.272 e. The fourth-order valence-electron chi connectivity index (χ4n) is 3.35. The predicted octanol–water partition coefficient (Wildman–Crippen LogP) is 5.97. The number of hydrogen-bond donors (Lipinski definition) is 2. The van der Waals surface area contributed by atoms with E-state index < -0.39 is 0 Å². The molecule has 0 atom stereocenters. The summed E-state index contributed by atoms with van der Waals surface area (Å²) < 4.78 is 0. The van der Waals surface area contributed by atoms with Crippen LogP contribution in [0.25, 0.3) is 16.8 Å². The summed E-state index contributed by atoms with van der Waals surface area (Å²) in [6.07, 6.45) is 3.71. The van der Waals surface area contributed by atoms with Crippen molar-refractivity contribution in [3.8, 4) is 0 Å². The van der Waals surface area contributed by atoms with Gasteiger partial charge < -0.3 is 10.6 Å². The maximum absolute atomic E-state index is 13.2. The second-order valence-electron chi connectivity index (χ2n) is 7.13. The Morgan fingerprint density at radius 3 is 2.22 bits per heavy atom. The van der Waals surface area contributed by atoms with E-state index in [0.29, 0.717) is 11.3 Å². The Bertz CT molecular complexity index is 1280. The van der Waals surface area contributed by atoms with E-state index in [2.05, 4.69) is 10.6 Å². The Morgan fingerprint density at radius 1 is 0.781 bits per heavy atom. The Hall–Kier alpha value is -3.83. The van der Waals surface area contributed by atoms with Crippen LogP contribution in [0.4, 0.5) is 5.69 Å². The third-order valence-corrected chi connectivity index (χ3v) is 5.74. The molecule has 0 spiro atoms. The third kappa shape index (κ3) is 5.07. The monoisotopic (exact) mass is 438 g/mol. The van der Waals surface area contributed by atoms with Crippen molar-refractivity contribution in [2.45, 2.75) is 4.90 Å². The number of thioether (sulfide) groups is 1. The molecule has 158 valence electrons. The van der Waals surface area contributed by atoms with Gasteiger partial charge in [-0.3, -0.25) is 9.59 Å². The number of carbonyl (C=O) groups excluding carboxylic acids is 2. The molecule has 0 aliphatic rings. The van der Waals surface area contributed by atoms with E-state index in [-0.39, 0.29) is 17.5 Å². The topological polar surface area (TPSA) is 58.2 Å². The van der Waals surface area contributed by atoms with Gasteiger partial charge in [0.15, 0.2) is 0 Å². The molecule has 2 amide bonds. The molecule has 4 aromatic carbocycles. The van der Waals surface area contributed by atoms with Crippen LogP contribution in [0.2, 0.25) is 0 Å². The largest absolute Gasteiger partial charge is 0.321 e. The highest BCUT2D eigenvalue weighted by Crippen LogP contribution is 2.22. The van der Waals surface area contributed by atoms with Crippen molar-refractivity contribution in [3.63, 3.8) is 0 Å². The summed E-state index contributed by atoms with van der Waals surface area (Å²) in [5.41, 5.74) is 2.16. The molecule has 0 bridgehead atoms. The summed E-state index contributed by atoms with van der Waals surface area (Å²) in [4.78, 5) is 27.1. The number of rotatable bonds is 6. The average molecular weight is 439 g/mol. The first-order valence-corrected chi connectivity index (χ1v) is 11.4. The minimum Gasteiger partial charge on any atom is -0.321 e. The molecule has 0 unspecified atom stereocenters. The van der Waals surface area contributed by atoms with Crippen LogP contribution >= 0.6 is 11.8 Å². The van der Waals surface area contributed by atoms with Gasteiger partial charge in [0.2, 0.25) is 0 Å². The van der Waals surface area contributed by atoms with Crippen LogP contribution < -0.4 is 10.6 Å². The average Bonchev–Trinajstić information content (AvgIpc) is 2.84. The molecule has 4 rings (SSSR count). The van der Waals surface area contributed by atoms with E-state index >= 15 is 0 Å². The number of nitrogens with one attached hydrogen (secondary N) is 2. The molecule has 0 aliphatic heterocycles. The van der Waals surface area contributed by atoms with Gasteiger partial charge in [0.05, 0.1) is 0 Å². The van der Waals surface area contributed by atoms with Crippen molar-refractivity contribution in [1.82, 2.24) is 5.32 Å². The Labute approximate surface area is 191 Å². The van der Waals surface area contributed by atoms with Gasteiger partial charge in [-0.05, 0) is 65.1 Å². The number of benzene rings is 4.